The highest BCUT2D eigenvalue weighted by Crippen LogP contribution is 2.16. The minimum absolute atomic E-state index is 0.283. The number of carbonyl (C=O) groups is 1. The van der Waals surface area contributed by atoms with Crippen LogP contribution in [0.3, 0.4) is 0 Å². The highest BCUT2D eigenvalue weighted by molar-refractivity contribution is 6.05. The molecule has 1 aromatic carbocycles. The van der Waals surface area contributed by atoms with Crippen molar-refractivity contribution in [1.82, 2.24) is 10.5 Å². The van der Waals surface area contributed by atoms with Gasteiger partial charge in [-0.25, -0.2) is 10.3 Å². The average molecular weight is 288 g/mol. The highest BCUT2D eigenvalue weighted by Gasteiger charge is 2.17. The number of para-hydroxylation sites is 1. The van der Waals surface area contributed by atoms with Crippen LogP contribution in [0.4, 0.5) is 0 Å². The van der Waals surface area contributed by atoms with E-state index in [9.17, 15) is 9.59 Å². The monoisotopic (exact) mass is 288 g/mol. The number of rotatable bonds is 3. The van der Waals surface area contributed by atoms with Gasteiger partial charge in [0, 0.05) is 30.0 Å². The zero-order chi connectivity index (χ0) is 14.7. The maximum Gasteiger partial charge on any atom is 0.275 e. The molecule has 1 aliphatic rings. The van der Waals surface area contributed by atoms with E-state index in [4.69, 9.17) is 9.57 Å². The summed E-state index contributed by atoms with van der Waals surface area (Å²) in [6.45, 7) is 0.633. The number of fused-ring (bicyclic) bond motifs is 1. The van der Waals surface area contributed by atoms with E-state index < -0.39 is 12.2 Å². The summed E-state index contributed by atoms with van der Waals surface area (Å²) in [7, 11) is 0. The fourth-order valence-corrected chi connectivity index (χ4v) is 2.37. The fraction of sp³-hybridized carbons (Fsp3) is 0.333. The van der Waals surface area contributed by atoms with Gasteiger partial charge in [-0.1, -0.05) is 18.2 Å². The number of hydroxylamine groups is 1. The molecule has 2 N–H and O–H groups in total. The topological polar surface area (TPSA) is 80.4 Å². The summed E-state index contributed by atoms with van der Waals surface area (Å²) in [6.07, 6.45) is 2.34. The molecule has 0 bridgehead atoms. The number of amides is 1. The molecule has 0 spiro atoms. The van der Waals surface area contributed by atoms with Gasteiger partial charge in [0.25, 0.3) is 5.91 Å². The third kappa shape index (κ3) is 3.12. The summed E-state index contributed by atoms with van der Waals surface area (Å²) in [5, 5.41) is 0.669. The molecule has 3 rings (SSSR count). The zero-order valence-corrected chi connectivity index (χ0v) is 11.4. The molecule has 2 aromatic rings. The lowest BCUT2D eigenvalue weighted by molar-refractivity contribution is -0.186. The molecule has 21 heavy (non-hydrogen) atoms. The number of benzene rings is 1. The van der Waals surface area contributed by atoms with Gasteiger partial charge in [-0.15, -0.1) is 0 Å². The van der Waals surface area contributed by atoms with E-state index >= 15 is 0 Å². The van der Waals surface area contributed by atoms with E-state index in [1.807, 2.05) is 6.07 Å². The van der Waals surface area contributed by atoms with Crippen LogP contribution in [0.5, 0.6) is 0 Å². The molecule has 1 amide bonds. The van der Waals surface area contributed by atoms with Gasteiger partial charge in [-0.05, 0) is 18.9 Å². The van der Waals surface area contributed by atoms with Crippen molar-refractivity contribution in [3.8, 4) is 0 Å². The van der Waals surface area contributed by atoms with Gasteiger partial charge >= 0.3 is 0 Å². The number of H-pyrrole nitrogens is 1. The second-order valence-electron chi connectivity index (χ2n) is 4.94. The van der Waals surface area contributed by atoms with E-state index in [0.29, 0.717) is 17.5 Å². The Bertz CT molecular complexity index is 704. The van der Waals surface area contributed by atoms with Crippen molar-refractivity contribution in [2.45, 2.75) is 25.6 Å². The van der Waals surface area contributed by atoms with Crippen molar-refractivity contribution in [3.05, 3.63) is 46.2 Å². The number of ether oxygens (including phenoxy) is 1. The Morgan fingerprint density at radius 1 is 1.33 bits per heavy atom. The van der Waals surface area contributed by atoms with Crippen molar-refractivity contribution < 1.29 is 14.4 Å². The number of carbonyl (C=O) groups excluding carboxylic acids is 1. The summed E-state index contributed by atoms with van der Waals surface area (Å²) in [5.74, 6) is -0.452. The Kier molecular flexibility index (Phi) is 3.98. The Morgan fingerprint density at radius 3 is 3.00 bits per heavy atom. The molecule has 1 fully saturated rings. The molecule has 1 aromatic heterocycles. The molecular weight excluding hydrogens is 272 g/mol. The maximum atomic E-state index is 12.2. The number of aromatic nitrogens is 1. The van der Waals surface area contributed by atoms with E-state index in [2.05, 4.69) is 10.5 Å². The zero-order valence-electron chi connectivity index (χ0n) is 11.4. The molecule has 0 saturated carbocycles. The number of hydrogen-bond acceptors (Lipinski definition) is 4. The van der Waals surface area contributed by atoms with Crippen molar-refractivity contribution in [3.63, 3.8) is 0 Å². The van der Waals surface area contributed by atoms with Gasteiger partial charge in [0.05, 0.1) is 5.56 Å². The second-order valence-corrected chi connectivity index (χ2v) is 4.94. The van der Waals surface area contributed by atoms with Gasteiger partial charge in [-0.3, -0.25) is 9.59 Å². The lowest BCUT2D eigenvalue weighted by Gasteiger charge is -2.22. The Labute approximate surface area is 121 Å². The summed E-state index contributed by atoms with van der Waals surface area (Å²) in [6, 6.07) is 8.40. The molecule has 2 heterocycles. The molecule has 6 heteroatoms. The van der Waals surface area contributed by atoms with E-state index in [1.54, 1.807) is 18.2 Å². The third-order valence-electron chi connectivity index (χ3n) is 3.42. The minimum atomic E-state index is -0.452. The van der Waals surface area contributed by atoms with Crippen LogP contribution in [0.1, 0.15) is 29.6 Å². The summed E-state index contributed by atoms with van der Waals surface area (Å²) in [4.78, 5) is 31.8. The van der Waals surface area contributed by atoms with Crippen LogP contribution < -0.4 is 11.0 Å². The van der Waals surface area contributed by atoms with Gasteiger partial charge < -0.3 is 9.72 Å². The fourth-order valence-electron chi connectivity index (χ4n) is 2.37. The Morgan fingerprint density at radius 2 is 2.19 bits per heavy atom. The van der Waals surface area contributed by atoms with Gasteiger partial charge in [0.1, 0.15) is 0 Å². The Hall–Kier alpha value is -2.18. The van der Waals surface area contributed by atoms with Crippen LogP contribution in [0.2, 0.25) is 0 Å². The summed E-state index contributed by atoms with van der Waals surface area (Å²) >= 11 is 0. The first kappa shape index (κ1) is 13.8. The second kappa shape index (κ2) is 6.07. The molecule has 1 aliphatic heterocycles. The number of hydrogen-bond donors (Lipinski definition) is 2. The van der Waals surface area contributed by atoms with Crippen LogP contribution in [-0.2, 0) is 9.57 Å². The van der Waals surface area contributed by atoms with Crippen molar-refractivity contribution >= 4 is 16.8 Å². The molecule has 110 valence electrons. The van der Waals surface area contributed by atoms with Crippen LogP contribution >= 0.6 is 0 Å². The summed E-state index contributed by atoms with van der Waals surface area (Å²) < 4.78 is 5.37. The van der Waals surface area contributed by atoms with E-state index in [-0.39, 0.29) is 11.1 Å². The first-order valence-corrected chi connectivity index (χ1v) is 6.94. The highest BCUT2D eigenvalue weighted by atomic mass is 16.8. The van der Waals surface area contributed by atoms with Gasteiger partial charge in [-0.2, -0.15) is 0 Å². The van der Waals surface area contributed by atoms with Crippen LogP contribution in [0.25, 0.3) is 10.9 Å². The average Bonchev–Trinajstić information content (AvgIpc) is 2.52. The summed E-state index contributed by atoms with van der Waals surface area (Å²) in [5.41, 5.74) is 2.94. The first-order chi connectivity index (χ1) is 10.2. The molecule has 0 radical (unpaired) electrons. The predicted molar refractivity (Wildman–Crippen MR) is 76.7 cm³/mol. The maximum absolute atomic E-state index is 12.2. The normalized spacial score (nSPS) is 18.6. The molecule has 0 unspecified atom stereocenters. The molecule has 1 saturated heterocycles. The first-order valence-electron chi connectivity index (χ1n) is 6.94. The quantitative estimate of drug-likeness (QED) is 0.843. The SMILES string of the molecule is O=C(NO[C@H]1CCCCO1)c1cc(=O)[nH]c2ccccc12. The van der Waals surface area contributed by atoms with Crippen LogP contribution in [0.15, 0.2) is 35.1 Å². The lowest BCUT2D eigenvalue weighted by atomic mass is 10.1. The molecular formula is C15H16N2O4. The van der Waals surface area contributed by atoms with Crippen LogP contribution in [-0.4, -0.2) is 23.8 Å². The smallest absolute Gasteiger partial charge is 0.275 e. The van der Waals surface area contributed by atoms with Gasteiger partial charge in [0.2, 0.25) is 5.56 Å². The molecule has 6 nitrogen and oxygen atoms in total. The van der Waals surface area contributed by atoms with E-state index in [0.717, 1.165) is 19.3 Å². The van der Waals surface area contributed by atoms with Crippen molar-refractivity contribution in [2.75, 3.05) is 6.61 Å². The minimum Gasteiger partial charge on any atom is -0.350 e. The van der Waals surface area contributed by atoms with Crippen molar-refractivity contribution in [1.29, 1.82) is 0 Å². The molecule has 0 aliphatic carbocycles. The molecule has 1 atom stereocenters. The lowest BCUT2D eigenvalue weighted by Crippen LogP contribution is -2.33. The number of nitrogens with one attached hydrogen (secondary N) is 2. The predicted octanol–water partition coefficient (Wildman–Crippen LogP) is 1.72. The standard InChI is InChI=1S/C15H16N2O4/c18-13-9-11(10-5-1-2-6-12(10)16-13)15(19)17-21-14-7-3-4-8-20-14/h1-2,5-6,9,14H,3-4,7-8H2,(H,16,18)(H,17,19)/t14-/m0/s1. The third-order valence-corrected chi connectivity index (χ3v) is 3.42. The van der Waals surface area contributed by atoms with Crippen molar-refractivity contribution in [2.24, 2.45) is 0 Å². The van der Waals surface area contributed by atoms with E-state index in [1.165, 1.54) is 6.07 Å². The Balaban J connectivity index is 1.79. The van der Waals surface area contributed by atoms with Gasteiger partial charge in [0.15, 0.2) is 6.29 Å². The number of aromatic amines is 1. The largest absolute Gasteiger partial charge is 0.350 e. The van der Waals surface area contributed by atoms with Crippen LogP contribution in [0, 0.1) is 0 Å². The number of pyridine rings is 1.